The van der Waals surface area contributed by atoms with Gasteiger partial charge in [-0.05, 0) is 42.2 Å². The molecule has 6 nitrogen and oxygen atoms in total. The van der Waals surface area contributed by atoms with E-state index < -0.39 is 5.63 Å². The lowest BCUT2D eigenvalue weighted by molar-refractivity contribution is 0.0992. The van der Waals surface area contributed by atoms with E-state index in [0.29, 0.717) is 11.8 Å². The molecule has 1 N–H and O–H groups in total. The number of nitrogens with zero attached hydrogens (tertiary/aromatic N) is 1. The Labute approximate surface area is 174 Å². The van der Waals surface area contributed by atoms with E-state index in [0.717, 1.165) is 29.7 Å². The fourth-order valence-electron chi connectivity index (χ4n) is 3.81. The molecule has 0 radical (unpaired) electrons. The largest absolute Gasteiger partial charge is 0.490 e. The van der Waals surface area contributed by atoms with Gasteiger partial charge >= 0.3 is 5.63 Å². The molecule has 0 bridgehead atoms. The molecule has 1 aromatic heterocycles. The van der Waals surface area contributed by atoms with Gasteiger partial charge in [0.1, 0.15) is 17.9 Å². The number of hydrogen-bond acceptors (Lipinski definition) is 5. The average Bonchev–Trinajstić information content (AvgIpc) is 2.76. The van der Waals surface area contributed by atoms with Crippen LogP contribution in [0.5, 0.6) is 5.75 Å². The van der Waals surface area contributed by atoms with E-state index in [4.69, 9.17) is 9.15 Å². The summed E-state index contributed by atoms with van der Waals surface area (Å²) >= 11 is 0. The second-order valence-electron chi connectivity index (χ2n) is 7.12. The SMILES string of the molecule is CCCc1cc(=O)oc2c(C(=O)N3C=CCc4ccccc43)c(OCCO)ccc12. The molecule has 0 saturated carbocycles. The first-order chi connectivity index (χ1) is 14.6. The molecular weight excluding hydrogens is 382 g/mol. The Balaban J connectivity index is 1.93. The van der Waals surface area contributed by atoms with Crippen LogP contribution in [0.2, 0.25) is 0 Å². The normalized spacial score (nSPS) is 12.8. The number of rotatable bonds is 6. The number of carbonyl (C=O) groups is 1. The van der Waals surface area contributed by atoms with Crippen molar-refractivity contribution in [2.24, 2.45) is 0 Å². The summed E-state index contributed by atoms with van der Waals surface area (Å²) in [5, 5.41) is 9.92. The third-order valence-corrected chi connectivity index (χ3v) is 5.10. The number of aliphatic hydroxyl groups is 1. The van der Waals surface area contributed by atoms with Crippen LogP contribution in [0.1, 0.15) is 34.8 Å². The zero-order valence-electron chi connectivity index (χ0n) is 16.8. The van der Waals surface area contributed by atoms with Gasteiger partial charge in [-0.3, -0.25) is 9.69 Å². The van der Waals surface area contributed by atoms with Crippen LogP contribution in [-0.4, -0.2) is 24.2 Å². The number of para-hydroxylation sites is 1. The van der Waals surface area contributed by atoms with E-state index in [-0.39, 0.29) is 36.0 Å². The van der Waals surface area contributed by atoms with Crippen LogP contribution in [0.4, 0.5) is 5.69 Å². The number of hydrogen-bond donors (Lipinski definition) is 1. The predicted octanol–water partition coefficient (Wildman–Crippen LogP) is 3.83. The molecule has 1 amide bonds. The number of anilines is 1. The number of ether oxygens (including phenoxy) is 1. The number of aliphatic hydroxyl groups excluding tert-OH is 1. The van der Waals surface area contributed by atoms with E-state index in [2.05, 4.69) is 0 Å². The van der Waals surface area contributed by atoms with E-state index in [1.54, 1.807) is 23.2 Å². The topological polar surface area (TPSA) is 80.0 Å². The fourth-order valence-corrected chi connectivity index (χ4v) is 3.81. The van der Waals surface area contributed by atoms with Crippen LogP contribution < -0.4 is 15.3 Å². The minimum absolute atomic E-state index is 0.0249. The van der Waals surface area contributed by atoms with Crippen molar-refractivity contribution in [3.8, 4) is 5.75 Å². The summed E-state index contributed by atoms with van der Waals surface area (Å²) in [6, 6.07) is 12.6. The molecule has 0 atom stereocenters. The molecule has 4 rings (SSSR count). The number of allylic oxidation sites excluding steroid dienone is 1. The molecule has 154 valence electrons. The molecule has 0 fully saturated rings. The molecule has 0 aliphatic carbocycles. The highest BCUT2D eigenvalue weighted by Gasteiger charge is 2.27. The maximum Gasteiger partial charge on any atom is 0.336 e. The van der Waals surface area contributed by atoms with Crippen molar-refractivity contribution < 1.29 is 19.1 Å². The molecule has 0 unspecified atom stereocenters. The maximum atomic E-state index is 13.7. The van der Waals surface area contributed by atoms with Gasteiger partial charge in [-0.25, -0.2) is 4.79 Å². The van der Waals surface area contributed by atoms with Gasteiger partial charge in [0.2, 0.25) is 0 Å². The van der Waals surface area contributed by atoms with E-state index in [1.165, 1.54) is 6.07 Å². The Morgan fingerprint density at radius 2 is 2.07 bits per heavy atom. The maximum absolute atomic E-state index is 13.7. The van der Waals surface area contributed by atoms with Gasteiger partial charge in [0.25, 0.3) is 5.91 Å². The summed E-state index contributed by atoms with van der Waals surface area (Å²) in [6.07, 6.45) is 5.93. The highest BCUT2D eigenvalue weighted by atomic mass is 16.5. The summed E-state index contributed by atoms with van der Waals surface area (Å²) in [5.74, 6) is -0.0801. The molecule has 1 aliphatic heterocycles. The first-order valence-corrected chi connectivity index (χ1v) is 10.1. The van der Waals surface area contributed by atoms with Crippen LogP contribution in [0.15, 0.2) is 64.0 Å². The van der Waals surface area contributed by atoms with E-state index in [9.17, 15) is 14.7 Å². The Morgan fingerprint density at radius 1 is 1.23 bits per heavy atom. The zero-order valence-corrected chi connectivity index (χ0v) is 16.8. The molecule has 6 heteroatoms. The molecule has 3 aromatic rings. The molecule has 2 heterocycles. The van der Waals surface area contributed by atoms with Gasteiger partial charge in [0.15, 0.2) is 5.58 Å². The molecule has 1 aliphatic rings. The third-order valence-electron chi connectivity index (χ3n) is 5.10. The smallest absolute Gasteiger partial charge is 0.336 e. The number of fused-ring (bicyclic) bond motifs is 2. The Morgan fingerprint density at radius 3 is 2.87 bits per heavy atom. The van der Waals surface area contributed by atoms with Crippen LogP contribution in [0, 0.1) is 0 Å². The lowest BCUT2D eigenvalue weighted by Crippen LogP contribution is -2.29. The minimum Gasteiger partial charge on any atom is -0.490 e. The van der Waals surface area contributed by atoms with Gasteiger partial charge in [0, 0.05) is 17.7 Å². The Hall–Kier alpha value is -3.38. The quantitative estimate of drug-likeness (QED) is 0.631. The van der Waals surface area contributed by atoms with Crippen molar-refractivity contribution in [1.29, 1.82) is 0 Å². The molecule has 0 spiro atoms. The van der Waals surface area contributed by atoms with Crippen molar-refractivity contribution in [2.75, 3.05) is 18.1 Å². The highest BCUT2D eigenvalue weighted by Crippen LogP contribution is 2.34. The highest BCUT2D eigenvalue weighted by molar-refractivity contribution is 6.16. The monoisotopic (exact) mass is 405 g/mol. The van der Waals surface area contributed by atoms with Gasteiger partial charge in [-0.15, -0.1) is 0 Å². The Bertz CT molecular complexity index is 1180. The van der Waals surface area contributed by atoms with Crippen molar-refractivity contribution in [3.63, 3.8) is 0 Å². The molecule has 30 heavy (non-hydrogen) atoms. The number of aryl methyl sites for hydroxylation is 1. The van der Waals surface area contributed by atoms with Gasteiger partial charge in [-0.1, -0.05) is 37.6 Å². The lowest BCUT2D eigenvalue weighted by atomic mass is 10.0. The second kappa shape index (κ2) is 8.55. The van der Waals surface area contributed by atoms with E-state index in [1.807, 2.05) is 37.3 Å². The summed E-state index contributed by atoms with van der Waals surface area (Å²) in [6.45, 7) is 1.86. The van der Waals surface area contributed by atoms with Gasteiger partial charge in [-0.2, -0.15) is 0 Å². The second-order valence-corrected chi connectivity index (χ2v) is 7.12. The minimum atomic E-state index is -0.506. The average molecular weight is 405 g/mol. The summed E-state index contributed by atoms with van der Waals surface area (Å²) in [5.41, 5.74) is 2.52. The number of amides is 1. The zero-order chi connectivity index (χ0) is 21.1. The molecule has 2 aromatic carbocycles. The number of carbonyl (C=O) groups excluding carboxylic acids is 1. The van der Waals surface area contributed by atoms with Gasteiger partial charge < -0.3 is 14.3 Å². The van der Waals surface area contributed by atoms with Crippen LogP contribution in [-0.2, 0) is 12.8 Å². The van der Waals surface area contributed by atoms with Crippen molar-refractivity contribution in [2.45, 2.75) is 26.2 Å². The van der Waals surface area contributed by atoms with Crippen molar-refractivity contribution in [1.82, 2.24) is 0 Å². The summed E-state index contributed by atoms with van der Waals surface area (Å²) in [7, 11) is 0. The number of benzene rings is 2. The first kappa shape index (κ1) is 19.9. The van der Waals surface area contributed by atoms with Crippen LogP contribution in [0.25, 0.3) is 11.0 Å². The summed E-state index contributed by atoms with van der Waals surface area (Å²) < 4.78 is 11.2. The molecular formula is C24H23NO5. The lowest BCUT2D eigenvalue weighted by Gasteiger charge is -2.25. The van der Waals surface area contributed by atoms with Crippen molar-refractivity contribution in [3.05, 3.63) is 81.9 Å². The van der Waals surface area contributed by atoms with E-state index >= 15 is 0 Å². The predicted molar refractivity (Wildman–Crippen MR) is 115 cm³/mol. The van der Waals surface area contributed by atoms with Crippen LogP contribution >= 0.6 is 0 Å². The third kappa shape index (κ3) is 3.62. The first-order valence-electron chi connectivity index (χ1n) is 10.1. The van der Waals surface area contributed by atoms with Crippen molar-refractivity contribution >= 4 is 22.6 Å². The fraction of sp³-hybridized carbons (Fsp3) is 0.250. The standard InChI is InChI=1S/C24H23NO5/c1-2-6-17-15-21(27)30-23-18(17)10-11-20(29-14-13-26)22(23)24(28)25-12-5-8-16-7-3-4-9-19(16)25/h3-5,7,9-12,15,26H,2,6,8,13-14H2,1H3. The van der Waals surface area contributed by atoms with Crippen LogP contribution in [0.3, 0.4) is 0 Å². The summed E-state index contributed by atoms with van der Waals surface area (Å²) in [4.78, 5) is 27.5. The Kier molecular flexibility index (Phi) is 5.68. The molecule has 0 saturated heterocycles. The van der Waals surface area contributed by atoms with Gasteiger partial charge in [0.05, 0.1) is 12.3 Å².